The fourth-order valence-electron chi connectivity index (χ4n) is 3.03. The summed E-state index contributed by atoms with van der Waals surface area (Å²) in [6, 6.07) is 7.80. The molecule has 1 aliphatic rings. The first-order chi connectivity index (χ1) is 9.41. The van der Waals surface area contributed by atoms with E-state index in [1.165, 1.54) is 12.1 Å². The minimum atomic E-state index is -2.90. The third-order valence-electron chi connectivity index (χ3n) is 4.06. The number of benzene rings is 1. The van der Waals surface area contributed by atoms with Crippen molar-refractivity contribution in [1.29, 1.82) is 0 Å². The fourth-order valence-corrected chi connectivity index (χ4v) is 3.03. The number of rotatable bonds is 5. The molecule has 1 aliphatic carbocycles. The number of hydrogen-bond acceptors (Lipinski definition) is 2. The molecule has 2 nitrogen and oxygen atoms in total. The molecule has 2 atom stereocenters. The van der Waals surface area contributed by atoms with Gasteiger partial charge in [0.2, 0.25) is 0 Å². The van der Waals surface area contributed by atoms with E-state index in [4.69, 9.17) is 0 Å². The van der Waals surface area contributed by atoms with Crippen LogP contribution in [0.3, 0.4) is 0 Å². The van der Waals surface area contributed by atoms with E-state index in [2.05, 4.69) is 12.2 Å². The van der Waals surface area contributed by atoms with Crippen LogP contribution < -0.4 is 5.32 Å². The lowest BCUT2D eigenvalue weighted by Gasteiger charge is -2.36. The van der Waals surface area contributed by atoms with Crippen LogP contribution in [0.4, 0.5) is 8.78 Å². The van der Waals surface area contributed by atoms with Gasteiger partial charge in [-0.2, -0.15) is 8.78 Å². The summed E-state index contributed by atoms with van der Waals surface area (Å²) in [5, 5.41) is 13.2. The lowest BCUT2D eigenvalue weighted by atomic mass is 9.79. The summed E-state index contributed by atoms with van der Waals surface area (Å²) >= 11 is 0. The van der Waals surface area contributed by atoms with Crippen LogP contribution in [0.5, 0.6) is 0 Å². The largest absolute Gasteiger partial charge is 0.389 e. The van der Waals surface area contributed by atoms with E-state index in [0.29, 0.717) is 18.8 Å². The van der Waals surface area contributed by atoms with Crippen LogP contribution in [-0.2, 0) is 5.92 Å². The summed E-state index contributed by atoms with van der Waals surface area (Å²) in [5.74, 6) is -2.44. The van der Waals surface area contributed by atoms with E-state index in [1.807, 2.05) is 0 Å². The van der Waals surface area contributed by atoms with Gasteiger partial charge in [0, 0.05) is 12.1 Å². The summed E-state index contributed by atoms with van der Waals surface area (Å²) in [6.07, 6.45) is 3.47. The molecular weight excluding hydrogens is 260 g/mol. The lowest BCUT2D eigenvalue weighted by molar-refractivity contribution is -0.0319. The molecule has 20 heavy (non-hydrogen) atoms. The van der Waals surface area contributed by atoms with E-state index < -0.39 is 18.1 Å². The van der Waals surface area contributed by atoms with Gasteiger partial charge in [0.15, 0.2) is 0 Å². The quantitative estimate of drug-likeness (QED) is 0.869. The van der Waals surface area contributed by atoms with Crippen molar-refractivity contribution >= 4 is 0 Å². The van der Waals surface area contributed by atoms with Gasteiger partial charge in [0.25, 0.3) is 5.92 Å². The Morgan fingerprint density at radius 1 is 1.35 bits per heavy atom. The Morgan fingerprint density at radius 3 is 2.70 bits per heavy atom. The Kier molecular flexibility index (Phi) is 4.76. The van der Waals surface area contributed by atoms with Gasteiger partial charge in [-0.3, -0.25) is 0 Å². The molecule has 0 amide bonds. The van der Waals surface area contributed by atoms with E-state index in [0.717, 1.165) is 12.8 Å². The van der Waals surface area contributed by atoms with E-state index >= 15 is 0 Å². The first-order valence-corrected chi connectivity index (χ1v) is 7.28. The molecule has 0 radical (unpaired) electrons. The topological polar surface area (TPSA) is 32.3 Å². The van der Waals surface area contributed by atoms with Crippen molar-refractivity contribution < 1.29 is 13.9 Å². The van der Waals surface area contributed by atoms with Crippen LogP contribution >= 0.6 is 0 Å². The van der Waals surface area contributed by atoms with Crippen LogP contribution in [0.15, 0.2) is 30.3 Å². The van der Waals surface area contributed by atoms with Crippen LogP contribution in [0, 0.1) is 5.92 Å². The maximum atomic E-state index is 14.0. The summed E-state index contributed by atoms with van der Waals surface area (Å²) in [7, 11) is 0. The van der Waals surface area contributed by atoms with Gasteiger partial charge in [0.05, 0.1) is 12.1 Å². The second-order valence-corrected chi connectivity index (χ2v) is 6.10. The Balaban J connectivity index is 1.86. The predicted octanol–water partition coefficient (Wildman–Crippen LogP) is 3.31. The van der Waals surface area contributed by atoms with Gasteiger partial charge in [-0.25, -0.2) is 0 Å². The highest BCUT2D eigenvalue weighted by Gasteiger charge is 2.35. The maximum Gasteiger partial charge on any atom is 0.285 e. The minimum absolute atomic E-state index is 0.0107. The molecule has 1 saturated carbocycles. The van der Waals surface area contributed by atoms with Crippen molar-refractivity contribution in [1.82, 2.24) is 5.32 Å². The van der Waals surface area contributed by atoms with E-state index in [-0.39, 0.29) is 12.1 Å². The highest BCUT2D eigenvalue weighted by atomic mass is 19.3. The third-order valence-corrected chi connectivity index (χ3v) is 4.06. The molecule has 112 valence electrons. The Morgan fingerprint density at radius 2 is 2.05 bits per heavy atom. The lowest BCUT2D eigenvalue weighted by Crippen LogP contribution is -2.46. The molecule has 2 unspecified atom stereocenters. The number of hydrogen-bond donors (Lipinski definition) is 2. The molecular formula is C16H23F2NO. The van der Waals surface area contributed by atoms with E-state index in [1.54, 1.807) is 18.2 Å². The highest BCUT2D eigenvalue weighted by molar-refractivity contribution is 5.20. The summed E-state index contributed by atoms with van der Waals surface area (Å²) < 4.78 is 27.9. The standard InChI is InChI=1S/C16H23F2NO/c1-13-6-5-9-15(20,10-13)11-19-12-16(17,18)14-7-3-2-4-8-14/h2-4,7-8,13,19-20H,5-6,9-12H2,1H3. The Hall–Kier alpha value is -1.00. The molecule has 4 heteroatoms. The zero-order chi connectivity index (χ0) is 14.6. The number of alkyl halides is 2. The van der Waals surface area contributed by atoms with Crippen LogP contribution in [0.1, 0.15) is 38.2 Å². The molecule has 0 spiro atoms. The predicted molar refractivity (Wildman–Crippen MR) is 75.8 cm³/mol. The second-order valence-electron chi connectivity index (χ2n) is 6.10. The van der Waals surface area contributed by atoms with E-state index in [9.17, 15) is 13.9 Å². The zero-order valence-corrected chi connectivity index (χ0v) is 11.9. The third kappa shape index (κ3) is 4.00. The molecule has 0 saturated heterocycles. The van der Waals surface area contributed by atoms with Crippen molar-refractivity contribution in [3.63, 3.8) is 0 Å². The molecule has 2 rings (SSSR count). The average molecular weight is 283 g/mol. The van der Waals surface area contributed by atoms with Gasteiger partial charge in [0.1, 0.15) is 0 Å². The van der Waals surface area contributed by atoms with Gasteiger partial charge >= 0.3 is 0 Å². The maximum absolute atomic E-state index is 14.0. The number of aliphatic hydroxyl groups is 1. The van der Waals surface area contributed by atoms with Crippen molar-refractivity contribution in [2.45, 2.75) is 44.1 Å². The molecule has 0 aliphatic heterocycles. The number of halogens is 2. The van der Waals surface area contributed by atoms with Crippen molar-refractivity contribution in [3.8, 4) is 0 Å². The number of nitrogens with one attached hydrogen (secondary N) is 1. The zero-order valence-electron chi connectivity index (χ0n) is 11.9. The van der Waals surface area contributed by atoms with Gasteiger partial charge in [-0.1, -0.05) is 50.1 Å². The molecule has 1 aromatic carbocycles. The first-order valence-electron chi connectivity index (χ1n) is 7.28. The Labute approximate surface area is 119 Å². The highest BCUT2D eigenvalue weighted by Crippen LogP contribution is 2.32. The smallest absolute Gasteiger partial charge is 0.285 e. The normalized spacial score (nSPS) is 27.5. The van der Waals surface area contributed by atoms with Gasteiger partial charge in [-0.05, 0) is 18.8 Å². The molecule has 0 bridgehead atoms. The molecule has 2 N–H and O–H groups in total. The average Bonchev–Trinajstić information content (AvgIpc) is 2.39. The van der Waals surface area contributed by atoms with Crippen molar-refractivity contribution in [3.05, 3.63) is 35.9 Å². The molecule has 0 aromatic heterocycles. The van der Waals surface area contributed by atoms with Gasteiger partial charge in [-0.15, -0.1) is 0 Å². The second kappa shape index (κ2) is 6.19. The Bertz CT molecular complexity index is 424. The molecule has 1 aromatic rings. The first kappa shape index (κ1) is 15.4. The van der Waals surface area contributed by atoms with Gasteiger partial charge < -0.3 is 10.4 Å². The summed E-state index contributed by atoms with van der Waals surface area (Å²) in [4.78, 5) is 0. The minimum Gasteiger partial charge on any atom is -0.389 e. The summed E-state index contributed by atoms with van der Waals surface area (Å²) in [5.41, 5.74) is -0.818. The monoisotopic (exact) mass is 283 g/mol. The van der Waals surface area contributed by atoms with Crippen LogP contribution in [-0.4, -0.2) is 23.8 Å². The molecule has 1 fully saturated rings. The fraction of sp³-hybridized carbons (Fsp3) is 0.625. The van der Waals surface area contributed by atoms with Crippen molar-refractivity contribution in [2.75, 3.05) is 13.1 Å². The van der Waals surface area contributed by atoms with Crippen LogP contribution in [0.25, 0.3) is 0 Å². The molecule has 0 heterocycles. The summed E-state index contributed by atoms with van der Waals surface area (Å²) in [6.45, 7) is 1.90. The van der Waals surface area contributed by atoms with Crippen LogP contribution in [0.2, 0.25) is 0 Å². The van der Waals surface area contributed by atoms with Crippen molar-refractivity contribution in [2.24, 2.45) is 5.92 Å². The SMILES string of the molecule is CC1CCCC(O)(CNCC(F)(F)c2ccccc2)C1.